The lowest BCUT2D eigenvalue weighted by Gasteiger charge is -2.32. The highest BCUT2D eigenvalue weighted by molar-refractivity contribution is 5.45. The van der Waals surface area contributed by atoms with E-state index in [1.807, 2.05) is 6.92 Å². The van der Waals surface area contributed by atoms with Crippen molar-refractivity contribution in [1.29, 1.82) is 0 Å². The molecule has 2 heteroatoms. The molecule has 1 fully saturated rings. The summed E-state index contributed by atoms with van der Waals surface area (Å²) in [6, 6.07) is 6.39. The van der Waals surface area contributed by atoms with Gasteiger partial charge in [-0.05, 0) is 63.8 Å². The van der Waals surface area contributed by atoms with Crippen LogP contribution in [-0.2, 0) is 5.41 Å². The minimum Gasteiger partial charge on any atom is -0.494 e. The van der Waals surface area contributed by atoms with Crippen LogP contribution in [-0.4, -0.2) is 12.1 Å². The first kappa shape index (κ1) is 12.4. The Morgan fingerprint density at radius 3 is 2.41 bits per heavy atom. The fraction of sp³-hybridized carbons (Fsp3) is 0.600. The highest BCUT2D eigenvalue weighted by atomic mass is 16.5. The quantitative estimate of drug-likeness (QED) is 0.867. The second-order valence-corrected chi connectivity index (χ2v) is 5.71. The van der Waals surface area contributed by atoms with Crippen molar-refractivity contribution in [1.82, 2.24) is 0 Å². The minimum atomic E-state index is -0.148. The van der Waals surface area contributed by atoms with E-state index in [0.29, 0.717) is 6.61 Å². The molecule has 0 aliphatic heterocycles. The summed E-state index contributed by atoms with van der Waals surface area (Å²) in [5.74, 6) is 0.958. The van der Waals surface area contributed by atoms with Gasteiger partial charge in [0.15, 0.2) is 0 Å². The summed E-state index contributed by atoms with van der Waals surface area (Å²) < 4.78 is 5.53. The normalized spacial score (nSPS) is 17.9. The summed E-state index contributed by atoms with van der Waals surface area (Å²) in [7, 11) is 0. The molecule has 1 aliphatic carbocycles. The Kier molecular flexibility index (Phi) is 2.94. The Morgan fingerprint density at radius 2 is 2.00 bits per heavy atom. The van der Waals surface area contributed by atoms with Gasteiger partial charge in [0.1, 0.15) is 5.75 Å². The van der Waals surface area contributed by atoms with Crippen LogP contribution in [0.15, 0.2) is 18.2 Å². The van der Waals surface area contributed by atoms with E-state index < -0.39 is 0 Å². The number of rotatable bonds is 4. The van der Waals surface area contributed by atoms with E-state index in [-0.39, 0.29) is 11.0 Å². The maximum atomic E-state index is 6.34. The van der Waals surface area contributed by atoms with E-state index in [2.05, 4.69) is 39.0 Å². The molecule has 94 valence electrons. The SMILES string of the molecule is CCOc1ccc(C2(C(C)(C)N)CC2)c(C)c1. The molecule has 2 nitrogen and oxygen atoms in total. The van der Waals surface area contributed by atoms with E-state index in [0.717, 1.165) is 5.75 Å². The average Bonchev–Trinajstić information content (AvgIpc) is 2.98. The lowest BCUT2D eigenvalue weighted by atomic mass is 9.77. The third kappa shape index (κ3) is 2.06. The molecule has 0 spiro atoms. The highest BCUT2D eigenvalue weighted by Crippen LogP contribution is 2.55. The highest BCUT2D eigenvalue weighted by Gasteiger charge is 2.54. The van der Waals surface area contributed by atoms with Gasteiger partial charge in [0, 0.05) is 11.0 Å². The number of hydrogen-bond donors (Lipinski definition) is 1. The minimum absolute atomic E-state index is 0.148. The van der Waals surface area contributed by atoms with Crippen molar-refractivity contribution in [3.05, 3.63) is 29.3 Å². The van der Waals surface area contributed by atoms with Gasteiger partial charge in [-0.25, -0.2) is 0 Å². The number of hydrogen-bond acceptors (Lipinski definition) is 2. The van der Waals surface area contributed by atoms with Crippen LogP contribution in [0.2, 0.25) is 0 Å². The van der Waals surface area contributed by atoms with Gasteiger partial charge in [-0.2, -0.15) is 0 Å². The topological polar surface area (TPSA) is 35.2 Å². The Morgan fingerprint density at radius 1 is 1.35 bits per heavy atom. The molecule has 1 aliphatic rings. The van der Waals surface area contributed by atoms with Crippen molar-refractivity contribution < 1.29 is 4.74 Å². The maximum Gasteiger partial charge on any atom is 0.119 e. The van der Waals surface area contributed by atoms with Gasteiger partial charge < -0.3 is 10.5 Å². The van der Waals surface area contributed by atoms with Crippen LogP contribution in [0.3, 0.4) is 0 Å². The first-order valence-corrected chi connectivity index (χ1v) is 6.43. The Labute approximate surface area is 104 Å². The molecule has 1 saturated carbocycles. The van der Waals surface area contributed by atoms with Gasteiger partial charge >= 0.3 is 0 Å². The summed E-state index contributed by atoms with van der Waals surface area (Å²) in [5.41, 5.74) is 9.07. The first-order valence-electron chi connectivity index (χ1n) is 6.43. The first-order chi connectivity index (χ1) is 7.90. The molecule has 0 bridgehead atoms. The van der Waals surface area contributed by atoms with Crippen molar-refractivity contribution in [2.24, 2.45) is 5.73 Å². The zero-order valence-corrected chi connectivity index (χ0v) is 11.3. The fourth-order valence-electron chi connectivity index (χ4n) is 2.82. The van der Waals surface area contributed by atoms with Crippen LogP contribution in [0.4, 0.5) is 0 Å². The molecule has 17 heavy (non-hydrogen) atoms. The predicted molar refractivity (Wildman–Crippen MR) is 71.5 cm³/mol. The number of nitrogens with two attached hydrogens (primary N) is 1. The smallest absolute Gasteiger partial charge is 0.119 e. The largest absolute Gasteiger partial charge is 0.494 e. The van der Waals surface area contributed by atoms with Crippen LogP contribution in [0, 0.1) is 6.92 Å². The Bertz CT molecular complexity index is 413. The molecule has 1 aromatic rings. The van der Waals surface area contributed by atoms with Gasteiger partial charge in [-0.15, -0.1) is 0 Å². The molecule has 0 aromatic heterocycles. The lowest BCUT2D eigenvalue weighted by Crippen LogP contribution is -2.45. The Hall–Kier alpha value is -1.02. The summed E-state index contributed by atoms with van der Waals surface area (Å²) in [4.78, 5) is 0. The van der Waals surface area contributed by atoms with Crippen molar-refractivity contribution in [2.75, 3.05) is 6.61 Å². The second-order valence-electron chi connectivity index (χ2n) is 5.71. The van der Waals surface area contributed by atoms with E-state index in [4.69, 9.17) is 10.5 Å². The molecule has 2 N–H and O–H groups in total. The molecule has 0 atom stereocenters. The summed E-state index contributed by atoms with van der Waals surface area (Å²) in [5, 5.41) is 0. The van der Waals surface area contributed by atoms with Crippen LogP contribution in [0.5, 0.6) is 5.75 Å². The van der Waals surface area contributed by atoms with Gasteiger partial charge in [-0.1, -0.05) is 6.07 Å². The third-order valence-electron chi connectivity index (χ3n) is 4.01. The number of benzene rings is 1. The average molecular weight is 233 g/mol. The van der Waals surface area contributed by atoms with E-state index in [9.17, 15) is 0 Å². The van der Waals surface area contributed by atoms with Crippen LogP contribution in [0.1, 0.15) is 44.7 Å². The van der Waals surface area contributed by atoms with Crippen molar-refractivity contribution in [2.45, 2.75) is 51.5 Å². The van der Waals surface area contributed by atoms with Gasteiger partial charge in [0.05, 0.1) is 6.61 Å². The van der Waals surface area contributed by atoms with Gasteiger partial charge in [0.25, 0.3) is 0 Å². The molecular formula is C15H23NO. The monoisotopic (exact) mass is 233 g/mol. The number of ether oxygens (including phenoxy) is 1. The second kappa shape index (κ2) is 4.02. The fourth-order valence-corrected chi connectivity index (χ4v) is 2.82. The van der Waals surface area contributed by atoms with Crippen LogP contribution in [0.25, 0.3) is 0 Å². The number of aryl methyl sites for hydroxylation is 1. The molecular weight excluding hydrogens is 210 g/mol. The zero-order valence-electron chi connectivity index (χ0n) is 11.3. The predicted octanol–water partition coefficient (Wildman–Crippen LogP) is 3.16. The standard InChI is InChI=1S/C15H23NO/c1-5-17-12-6-7-13(11(2)10-12)15(8-9-15)14(3,4)16/h6-7,10H,5,8-9,16H2,1-4H3. The van der Waals surface area contributed by atoms with Crippen molar-refractivity contribution >= 4 is 0 Å². The molecule has 0 amide bonds. The molecule has 0 saturated heterocycles. The third-order valence-corrected chi connectivity index (χ3v) is 4.01. The van der Waals surface area contributed by atoms with E-state index in [1.54, 1.807) is 0 Å². The van der Waals surface area contributed by atoms with E-state index >= 15 is 0 Å². The van der Waals surface area contributed by atoms with Gasteiger partial charge in [0.2, 0.25) is 0 Å². The van der Waals surface area contributed by atoms with Crippen LogP contribution >= 0.6 is 0 Å². The molecule has 0 radical (unpaired) electrons. The Balaban J connectivity index is 2.35. The summed E-state index contributed by atoms with van der Waals surface area (Å²) in [6.45, 7) is 9.15. The van der Waals surface area contributed by atoms with Crippen LogP contribution < -0.4 is 10.5 Å². The van der Waals surface area contributed by atoms with Crippen molar-refractivity contribution in [3.8, 4) is 5.75 Å². The van der Waals surface area contributed by atoms with Crippen molar-refractivity contribution in [3.63, 3.8) is 0 Å². The van der Waals surface area contributed by atoms with Gasteiger partial charge in [-0.3, -0.25) is 0 Å². The zero-order chi connectivity index (χ0) is 12.7. The lowest BCUT2D eigenvalue weighted by molar-refractivity contribution is 0.339. The van der Waals surface area contributed by atoms with E-state index in [1.165, 1.54) is 24.0 Å². The summed E-state index contributed by atoms with van der Waals surface area (Å²) in [6.07, 6.45) is 2.40. The molecule has 2 rings (SSSR count). The molecule has 1 aromatic carbocycles. The maximum absolute atomic E-state index is 6.34. The molecule has 0 heterocycles. The summed E-state index contributed by atoms with van der Waals surface area (Å²) >= 11 is 0. The molecule has 0 unspecified atom stereocenters.